The minimum Gasteiger partial charge on any atom is -0.467 e. The van der Waals surface area contributed by atoms with Crippen LogP contribution in [0.5, 0.6) is 0 Å². The number of nitrogens with zero attached hydrogens (tertiary/aromatic N) is 3. The Balaban J connectivity index is 1.57. The van der Waals surface area contributed by atoms with Gasteiger partial charge < -0.3 is 19.4 Å². The molecule has 0 bridgehead atoms. The fourth-order valence-corrected chi connectivity index (χ4v) is 3.10. The highest BCUT2D eigenvalue weighted by molar-refractivity contribution is 5.95. The first kappa shape index (κ1) is 20.0. The summed E-state index contributed by atoms with van der Waals surface area (Å²) in [5, 5.41) is 2.74. The quantitative estimate of drug-likeness (QED) is 0.673. The molecule has 0 saturated carbocycles. The van der Waals surface area contributed by atoms with Crippen molar-refractivity contribution in [2.75, 3.05) is 40.0 Å². The van der Waals surface area contributed by atoms with Crippen molar-refractivity contribution in [2.45, 2.75) is 19.0 Å². The number of rotatable bonds is 8. The highest BCUT2D eigenvalue weighted by Crippen LogP contribution is 2.06. The van der Waals surface area contributed by atoms with E-state index in [9.17, 15) is 9.59 Å². The molecule has 1 aromatic heterocycles. The molecule has 150 valence electrons. The van der Waals surface area contributed by atoms with Crippen LogP contribution in [0.4, 0.5) is 0 Å². The summed E-state index contributed by atoms with van der Waals surface area (Å²) in [6.45, 7) is 4.97. The van der Waals surface area contributed by atoms with Gasteiger partial charge in [0.15, 0.2) is 0 Å². The van der Waals surface area contributed by atoms with Crippen molar-refractivity contribution < 1.29 is 19.1 Å². The van der Waals surface area contributed by atoms with Crippen LogP contribution >= 0.6 is 0 Å². The summed E-state index contributed by atoms with van der Waals surface area (Å²) in [5.74, 6) is -0.875. The number of hydrogen-bond acceptors (Lipinski definition) is 6. The van der Waals surface area contributed by atoms with E-state index in [1.54, 1.807) is 12.5 Å². The number of carbonyl (C=O) groups excluding carboxylic acids is 2. The van der Waals surface area contributed by atoms with E-state index in [1.165, 1.54) is 7.11 Å². The van der Waals surface area contributed by atoms with Crippen LogP contribution in [0.2, 0.25) is 0 Å². The summed E-state index contributed by atoms with van der Waals surface area (Å²) in [7, 11) is 1.31. The zero-order chi connectivity index (χ0) is 19.8. The molecule has 1 aromatic carbocycles. The molecule has 0 aliphatic carbocycles. The molecular formula is C20H26N4O4. The van der Waals surface area contributed by atoms with E-state index in [0.29, 0.717) is 6.42 Å². The largest absolute Gasteiger partial charge is 0.467 e. The lowest BCUT2D eigenvalue weighted by Crippen LogP contribution is -2.43. The first-order valence-corrected chi connectivity index (χ1v) is 9.40. The Morgan fingerprint density at radius 2 is 1.96 bits per heavy atom. The summed E-state index contributed by atoms with van der Waals surface area (Å²) in [5.41, 5.74) is 1.22. The summed E-state index contributed by atoms with van der Waals surface area (Å²) >= 11 is 0. The molecule has 2 heterocycles. The predicted molar refractivity (Wildman–Crippen MR) is 103 cm³/mol. The molecular weight excluding hydrogens is 360 g/mol. The number of imidazole rings is 1. The van der Waals surface area contributed by atoms with E-state index >= 15 is 0 Å². The molecule has 0 radical (unpaired) electrons. The molecule has 1 fully saturated rings. The van der Waals surface area contributed by atoms with Crippen LogP contribution in [0.3, 0.4) is 0 Å². The first-order valence-electron chi connectivity index (χ1n) is 9.40. The van der Waals surface area contributed by atoms with E-state index < -0.39 is 17.9 Å². The van der Waals surface area contributed by atoms with Crippen molar-refractivity contribution in [1.29, 1.82) is 0 Å². The number of benzene rings is 1. The molecule has 1 aliphatic rings. The minimum absolute atomic E-state index is 0.281. The third-order valence-electron chi connectivity index (χ3n) is 4.72. The lowest BCUT2D eigenvalue weighted by molar-refractivity contribution is -0.142. The van der Waals surface area contributed by atoms with Crippen molar-refractivity contribution in [1.82, 2.24) is 19.8 Å². The fraction of sp³-hybridized carbons (Fsp3) is 0.450. The van der Waals surface area contributed by atoms with Gasteiger partial charge in [0.1, 0.15) is 11.7 Å². The van der Waals surface area contributed by atoms with Gasteiger partial charge in [-0.25, -0.2) is 9.78 Å². The Hall–Kier alpha value is -2.71. The Kier molecular flexibility index (Phi) is 7.16. The maximum atomic E-state index is 12.6. The van der Waals surface area contributed by atoms with E-state index in [1.807, 2.05) is 34.9 Å². The highest BCUT2D eigenvalue weighted by Gasteiger charge is 2.23. The zero-order valence-corrected chi connectivity index (χ0v) is 16.0. The fourth-order valence-electron chi connectivity index (χ4n) is 3.10. The van der Waals surface area contributed by atoms with Crippen LogP contribution in [0, 0.1) is 0 Å². The summed E-state index contributed by atoms with van der Waals surface area (Å²) in [6, 6.07) is 8.73. The number of morpholine rings is 1. The number of amides is 1. The number of ether oxygens (including phenoxy) is 2. The van der Waals surface area contributed by atoms with Crippen molar-refractivity contribution >= 4 is 11.9 Å². The smallest absolute Gasteiger partial charge is 0.328 e. The van der Waals surface area contributed by atoms with Gasteiger partial charge >= 0.3 is 5.97 Å². The minimum atomic E-state index is -0.765. The first-order chi connectivity index (χ1) is 13.7. The molecule has 8 nitrogen and oxygen atoms in total. The van der Waals surface area contributed by atoms with Gasteiger partial charge in [0.2, 0.25) is 0 Å². The predicted octanol–water partition coefficient (Wildman–Crippen LogP) is 0.729. The SMILES string of the molecule is COC(=O)C(Cc1ccccc1)NC(=O)c1cn(CCN2CCOCC2)cn1. The lowest BCUT2D eigenvalue weighted by atomic mass is 10.1. The number of hydrogen-bond donors (Lipinski definition) is 1. The second kappa shape index (κ2) is 10.0. The zero-order valence-electron chi connectivity index (χ0n) is 16.0. The van der Waals surface area contributed by atoms with Crippen molar-refractivity contribution in [3.8, 4) is 0 Å². The summed E-state index contributed by atoms with van der Waals surface area (Å²) in [4.78, 5) is 31.1. The Labute approximate surface area is 164 Å². The van der Waals surface area contributed by atoms with E-state index in [4.69, 9.17) is 9.47 Å². The molecule has 3 rings (SSSR count). The normalized spacial score (nSPS) is 15.8. The van der Waals surface area contributed by atoms with Crippen LogP contribution in [0.25, 0.3) is 0 Å². The van der Waals surface area contributed by atoms with E-state index in [2.05, 4.69) is 15.2 Å². The van der Waals surface area contributed by atoms with Gasteiger partial charge in [0.25, 0.3) is 5.91 Å². The number of nitrogens with one attached hydrogen (secondary N) is 1. The number of esters is 1. The highest BCUT2D eigenvalue weighted by atomic mass is 16.5. The van der Waals surface area contributed by atoms with Gasteiger partial charge in [0, 0.05) is 38.8 Å². The summed E-state index contributed by atoms with van der Waals surface area (Å²) < 4.78 is 12.1. The van der Waals surface area contributed by atoms with Gasteiger partial charge in [0.05, 0.1) is 26.7 Å². The van der Waals surface area contributed by atoms with Crippen molar-refractivity contribution in [2.24, 2.45) is 0 Å². The van der Waals surface area contributed by atoms with E-state index in [-0.39, 0.29) is 5.69 Å². The second-order valence-corrected chi connectivity index (χ2v) is 6.69. The number of methoxy groups -OCH3 is 1. The molecule has 0 spiro atoms. The average Bonchev–Trinajstić information content (AvgIpc) is 3.22. The van der Waals surface area contributed by atoms with Crippen LogP contribution < -0.4 is 5.32 Å². The third kappa shape index (κ3) is 5.64. The van der Waals surface area contributed by atoms with E-state index in [0.717, 1.165) is 45.0 Å². The molecule has 1 saturated heterocycles. The maximum Gasteiger partial charge on any atom is 0.328 e. The molecule has 1 atom stereocenters. The van der Waals surface area contributed by atoms with Gasteiger partial charge in [-0.1, -0.05) is 30.3 Å². The lowest BCUT2D eigenvalue weighted by Gasteiger charge is -2.26. The maximum absolute atomic E-state index is 12.6. The van der Waals surface area contributed by atoms with Gasteiger partial charge in [-0.05, 0) is 5.56 Å². The average molecular weight is 386 g/mol. The van der Waals surface area contributed by atoms with Gasteiger partial charge in [-0.15, -0.1) is 0 Å². The molecule has 1 N–H and O–H groups in total. The van der Waals surface area contributed by atoms with Crippen LogP contribution in [-0.4, -0.2) is 72.3 Å². The monoisotopic (exact) mass is 386 g/mol. The molecule has 1 aliphatic heterocycles. The Morgan fingerprint density at radius 3 is 2.68 bits per heavy atom. The standard InChI is InChI=1S/C20H26N4O4/c1-27-20(26)17(13-16-5-3-2-4-6-16)22-19(25)18-14-24(15-21-18)8-7-23-9-11-28-12-10-23/h2-6,14-15,17H,7-13H2,1H3,(H,22,25). The van der Waals surface area contributed by atoms with Gasteiger partial charge in [-0.2, -0.15) is 0 Å². The van der Waals surface area contributed by atoms with Crippen LogP contribution in [0.15, 0.2) is 42.9 Å². The topological polar surface area (TPSA) is 85.7 Å². The Bertz CT molecular complexity index is 772. The van der Waals surface area contributed by atoms with Crippen LogP contribution in [0.1, 0.15) is 16.1 Å². The van der Waals surface area contributed by atoms with Crippen LogP contribution in [-0.2, 0) is 27.2 Å². The molecule has 1 unspecified atom stereocenters. The number of aromatic nitrogens is 2. The third-order valence-corrected chi connectivity index (χ3v) is 4.72. The van der Waals surface area contributed by atoms with Crippen molar-refractivity contribution in [3.05, 3.63) is 54.1 Å². The Morgan fingerprint density at radius 1 is 1.21 bits per heavy atom. The molecule has 2 aromatic rings. The number of carbonyl (C=O) groups is 2. The second-order valence-electron chi connectivity index (χ2n) is 6.69. The molecule has 8 heteroatoms. The molecule has 1 amide bonds. The van der Waals surface area contributed by atoms with Crippen molar-refractivity contribution in [3.63, 3.8) is 0 Å². The van der Waals surface area contributed by atoms with Gasteiger partial charge in [-0.3, -0.25) is 9.69 Å². The summed E-state index contributed by atoms with van der Waals surface area (Å²) in [6.07, 6.45) is 3.70. The molecule has 28 heavy (non-hydrogen) atoms.